The first-order valence-corrected chi connectivity index (χ1v) is 8.56. The lowest BCUT2D eigenvalue weighted by Crippen LogP contribution is -2.46. The van der Waals surface area contributed by atoms with Crippen molar-refractivity contribution in [3.8, 4) is 0 Å². The van der Waals surface area contributed by atoms with Crippen LogP contribution in [-0.2, 0) is 19.4 Å². The molecule has 0 fully saturated rings. The summed E-state index contributed by atoms with van der Waals surface area (Å²) in [6, 6.07) is 10.6. The molecule has 1 atom stereocenters. The van der Waals surface area contributed by atoms with Crippen LogP contribution >= 0.6 is 0 Å². The molecule has 5 nitrogen and oxygen atoms in total. The van der Waals surface area contributed by atoms with Gasteiger partial charge < -0.3 is 9.42 Å². The normalized spacial score (nSPS) is 17.5. The lowest BCUT2D eigenvalue weighted by atomic mass is 9.94. The van der Waals surface area contributed by atoms with Gasteiger partial charge in [0.25, 0.3) is 5.91 Å². The molecule has 0 saturated heterocycles. The van der Waals surface area contributed by atoms with E-state index in [0.717, 1.165) is 31.6 Å². The van der Waals surface area contributed by atoms with Crippen LogP contribution < -0.4 is 0 Å². The summed E-state index contributed by atoms with van der Waals surface area (Å²) >= 11 is 0. The highest BCUT2D eigenvalue weighted by atomic mass is 16.5. The van der Waals surface area contributed by atoms with Gasteiger partial charge in [0.2, 0.25) is 0 Å². The van der Waals surface area contributed by atoms with Gasteiger partial charge in [-0.25, -0.2) is 0 Å². The van der Waals surface area contributed by atoms with E-state index in [-0.39, 0.29) is 5.91 Å². The summed E-state index contributed by atoms with van der Waals surface area (Å²) in [6.45, 7) is 3.68. The number of amides is 1. The van der Waals surface area contributed by atoms with Gasteiger partial charge in [-0.1, -0.05) is 36.3 Å². The summed E-state index contributed by atoms with van der Waals surface area (Å²) in [5.41, 5.74) is 3.17. The van der Waals surface area contributed by atoms with Crippen LogP contribution in [0.25, 0.3) is 0 Å². The molecule has 128 valence electrons. The minimum absolute atomic E-state index is 0.0756. The van der Waals surface area contributed by atoms with E-state index in [9.17, 15) is 4.79 Å². The van der Waals surface area contributed by atoms with E-state index in [1.807, 2.05) is 7.05 Å². The Hall–Kier alpha value is -2.14. The van der Waals surface area contributed by atoms with Gasteiger partial charge in [-0.05, 0) is 31.0 Å². The monoisotopic (exact) mass is 327 g/mol. The van der Waals surface area contributed by atoms with Crippen molar-refractivity contribution < 1.29 is 9.32 Å². The number of carbonyl (C=O) groups excluding carboxylic acids is 1. The van der Waals surface area contributed by atoms with Crippen molar-refractivity contribution in [3.05, 3.63) is 52.9 Å². The molecule has 3 rings (SSSR count). The summed E-state index contributed by atoms with van der Waals surface area (Å²) in [7, 11) is 3.96. The van der Waals surface area contributed by atoms with Gasteiger partial charge in [0, 0.05) is 38.7 Å². The Labute approximate surface area is 143 Å². The SMILES string of the molecule is CCCc1cc(C(=O)N(C)C[C@H]2Cc3ccccc3CN2C)no1. The zero-order chi connectivity index (χ0) is 17.1. The average Bonchev–Trinajstić information content (AvgIpc) is 3.03. The number of hydrogen-bond donors (Lipinski definition) is 0. The number of fused-ring (bicyclic) bond motifs is 1. The van der Waals surface area contributed by atoms with Crippen molar-refractivity contribution in [3.63, 3.8) is 0 Å². The third kappa shape index (κ3) is 3.51. The Morgan fingerprint density at radius 1 is 1.38 bits per heavy atom. The molecule has 0 bridgehead atoms. The Bertz CT molecular complexity index is 710. The molecule has 1 aromatic carbocycles. The topological polar surface area (TPSA) is 49.6 Å². The molecule has 0 unspecified atom stereocenters. The Kier molecular flexibility index (Phi) is 5.00. The first kappa shape index (κ1) is 16.7. The molecule has 0 saturated carbocycles. The molecule has 1 aromatic heterocycles. The van der Waals surface area contributed by atoms with Crippen LogP contribution in [0.15, 0.2) is 34.9 Å². The van der Waals surface area contributed by atoms with E-state index in [0.29, 0.717) is 18.3 Å². The molecule has 5 heteroatoms. The van der Waals surface area contributed by atoms with E-state index in [1.54, 1.807) is 11.0 Å². The van der Waals surface area contributed by atoms with Crippen molar-refractivity contribution in [1.82, 2.24) is 15.0 Å². The Morgan fingerprint density at radius 2 is 2.12 bits per heavy atom. The summed E-state index contributed by atoms with van der Waals surface area (Å²) < 4.78 is 5.23. The molecule has 0 spiro atoms. The lowest BCUT2D eigenvalue weighted by Gasteiger charge is -2.36. The third-order valence-electron chi connectivity index (χ3n) is 4.72. The van der Waals surface area contributed by atoms with E-state index in [2.05, 4.69) is 48.3 Å². The average molecular weight is 327 g/mol. The van der Waals surface area contributed by atoms with Crippen LogP contribution in [0, 0.1) is 0 Å². The zero-order valence-electron chi connectivity index (χ0n) is 14.7. The van der Waals surface area contributed by atoms with Crippen LogP contribution in [-0.4, -0.2) is 47.5 Å². The second-order valence-corrected chi connectivity index (χ2v) is 6.66. The molecule has 24 heavy (non-hydrogen) atoms. The number of hydrogen-bond acceptors (Lipinski definition) is 4. The fraction of sp³-hybridized carbons (Fsp3) is 0.474. The fourth-order valence-corrected chi connectivity index (χ4v) is 3.29. The van der Waals surface area contributed by atoms with Gasteiger partial charge in [-0.2, -0.15) is 0 Å². The molecule has 0 aliphatic carbocycles. The van der Waals surface area contributed by atoms with Crippen molar-refractivity contribution in [2.75, 3.05) is 20.6 Å². The predicted octanol–water partition coefficient (Wildman–Crippen LogP) is 2.76. The first-order valence-electron chi connectivity index (χ1n) is 8.56. The Balaban J connectivity index is 1.65. The van der Waals surface area contributed by atoms with Crippen LogP contribution in [0.1, 0.15) is 40.7 Å². The second-order valence-electron chi connectivity index (χ2n) is 6.66. The highest BCUT2D eigenvalue weighted by Gasteiger charge is 2.26. The van der Waals surface area contributed by atoms with Crippen LogP contribution in [0.5, 0.6) is 0 Å². The number of aryl methyl sites for hydroxylation is 1. The van der Waals surface area contributed by atoms with Crippen LogP contribution in [0.2, 0.25) is 0 Å². The number of aromatic nitrogens is 1. The van der Waals surface area contributed by atoms with Gasteiger partial charge in [0.05, 0.1) is 0 Å². The smallest absolute Gasteiger partial charge is 0.275 e. The van der Waals surface area contributed by atoms with E-state index >= 15 is 0 Å². The molecule has 0 radical (unpaired) electrons. The van der Waals surface area contributed by atoms with Gasteiger partial charge in [-0.3, -0.25) is 9.69 Å². The number of benzene rings is 1. The van der Waals surface area contributed by atoms with Gasteiger partial charge in [0.1, 0.15) is 5.76 Å². The number of rotatable bonds is 5. The minimum atomic E-state index is -0.0756. The van der Waals surface area contributed by atoms with Crippen molar-refractivity contribution >= 4 is 5.91 Å². The standard InChI is InChI=1S/C19H25N3O2/c1-4-7-17-11-18(20-24-17)19(23)22(3)13-16-10-14-8-5-6-9-15(14)12-21(16)2/h5-6,8-9,11,16H,4,7,10,12-13H2,1-3H3/t16-/m1/s1. The summed E-state index contributed by atoms with van der Waals surface area (Å²) in [5, 5.41) is 3.92. The molecular weight excluding hydrogens is 302 g/mol. The van der Waals surface area contributed by atoms with Crippen LogP contribution in [0.4, 0.5) is 0 Å². The number of carbonyl (C=O) groups is 1. The van der Waals surface area contributed by atoms with Gasteiger partial charge in [0.15, 0.2) is 5.69 Å². The molecule has 1 aliphatic heterocycles. The molecule has 2 heterocycles. The third-order valence-corrected chi connectivity index (χ3v) is 4.72. The van der Waals surface area contributed by atoms with E-state index in [1.165, 1.54) is 11.1 Å². The van der Waals surface area contributed by atoms with E-state index in [4.69, 9.17) is 4.52 Å². The summed E-state index contributed by atoms with van der Waals surface area (Å²) in [4.78, 5) is 16.6. The van der Waals surface area contributed by atoms with Crippen LogP contribution in [0.3, 0.4) is 0 Å². The summed E-state index contributed by atoms with van der Waals surface area (Å²) in [6.07, 6.45) is 2.75. The number of likely N-dealkylation sites (N-methyl/N-ethyl adjacent to an activating group) is 2. The highest BCUT2D eigenvalue weighted by Crippen LogP contribution is 2.22. The van der Waals surface area contributed by atoms with Crippen molar-refractivity contribution in [2.24, 2.45) is 0 Å². The molecule has 2 aromatic rings. The number of nitrogens with zero attached hydrogens (tertiary/aromatic N) is 3. The maximum Gasteiger partial charge on any atom is 0.275 e. The maximum atomic E-state index is 12.6. The predicted molar refractivity (Wildman–Crippen MR) is 92.9 cm³/mol. The molecular formula is C19H25N3O2. The second kappa shape index (κ2) is 7.18. The Morgan fingerprint density at radius 3 is 2.88 bits per heavy atom. The van der Waals surface area contributed by atoms with E-state index < -0.39 is 0 Å². The molecule has 1 aliphatic rings. The summed E-state index contributed by atoms with van der Waals surface area (Å²) in [5.74, 6) is 0.700. The maximum absolute atomic E-state index is 12.6. The first-order chi connectivity index (χ1) is 11.6. The zero-order valence-corrected chi connectivity index (χ0v) is 14.7. The van der Waals surface area contributed by atoms with Crippen molar-refractivity contribution in [1.29, 1.82) is 0 Å². The highest BCUT2D eigenvalue weighted by molar-refractivity contribution is 5.92. The lowest BCUT2D eigenvalue weighted by molar-refractivity contribution is 0.0723. The fourth-order valence-electron chi connectivity index (χ4n) is 3.29. The quantitative estimate of drug-likeness (QED) is 0.847. The van der Waals surface area contributed by atoms with Gasteiger partial charge >= 0.3 is 0 Å². The molecule has 0 N–H and O–H groups in total. The molecule has 1 amide bonds. The largest absolute Gasteiger partial charge is 0.361 e. The minimum Gasteiger partial charge on any atom is -0.361 e. The van der Waals surface area contributed by atoms with Gasteiger partial charge in [-0.15, -0.1) is 0 Å². The van der Waals surface area contributed by atoms with Crippen molar-refractivity contribution in [2.45, 2.75) is 38.8 Å².